The zero-order valence-electron chi connectivity index (χ0n) is 13.7. The summed E-state index contributed by atoms with van der Waals surface area (Å²) in [5.41, 5.74) is 2.23. The number of carbonyl (C=O) groups excluding carboxylic acids is 2. The number of likely N-dealkylation sites (tertiary alicyclic amines) is 1. The number of nitrogens with one attached hydrogen (secondary N) is 1. The van der Waals surface area contributed by atoms with E-state index < -0.39 is 6.04 Å². The van der Waals surface area contributed by atoms with Gasteiger partial charge in [0.25, 0.3) is 0 Å². The maximum absolute atomic E-state index is 12.5. The Kier molecular flexibility index (Phi) is 4.93. The fourth-order valence-corrected chi connectivity index (χ4v) is 2.93. The molecular formula is C18H21N3O3. The lowest BCUT2D eigenvalue weighted by Gasteiger charge is -2.23. The van der Waals surface area contributed by atoms with Crippen LogP contribution >= 0.6 is 0 Å². The van der Waals surface area contributed by atoms with Gasteiger partial charge in [0.05, 0.1) is 12.6 Å². The Morgan fingerprint density at radius 1 is 1.29 bits per heavy atom. The molecule has 6 heteroatoms. The first-order valence-electron chi connectivity index (χ1n) is 8.16. The minimum Gasteiger partial charge on any atom is -0.361 e. The minimum absolute atomic E-state index is 0.0975. The summed E-state index contributed by atoms with van der Waals surface area (Å²) in [5.74, 6) is 0.324. The zero-order chi connectivity index (χ0) is 16.9. The Morgan fingerprint density at radius 2 is 2.08 bits per heavy atom. The summed E-state index contributed by atoms with van der Waals surface area (Å²) >= 11 is 0. The van der Waals surface area contributed by atoms with E-state index >= 15 is 0 Å². The van der Waals surface area contributed by atoms with Crippen LogP contribution in [0.2, 0.25) is 0 Å². The average Bonchev–Trinajstić information content (AvgIpc) is 3.25. The van der Waals surface area contributed by atoms with Gasteiger partial charge in [0.15, 0.2) is 0 Å². The molecule has 1 aliphatic rings. The maximum atomic E-state index is 12.5. The van der Waals surface area contributed by atoms with Crippen LogP contribution in [0.4, 0.5) is 0 Å². The Bertz CT molecular complexity index is 695. The van der Waals surface area contributed by atoms with Gasteiger partial charge in [0.1, 0.15) is 11.8 Å². The fourth-order valence-electron chi connectivity index (χ4n) is 2.93. The maximum Gasteiger partial charge on any atom is 0.243 e. The van der Waals surface area contributed by atoms with Crippen molar-refractivity contribution in [3.8, 4) is 0 Å². The van der Waals surface area contributed by atoms with Crippen LogP contribution in [-0.4, -0.2) is 34.5 Å². The topological polar surface area (TPSA) is 75.4 Å². The standard InChI is InChI=1S/C18H21N3O3/c1-13-4-6-14(7-5-13)12-19-18(23)16-3-2-10-21(16)17(22)11-15-8-9-20-24-15/h4-9,16H,2-3,10-12H2,1H3,(H,19,23)/t16-/m0/s1. The van der Waals surface area contributed by atoms with E-state index in [-0.39, 0.29) is 18.2 Å². The molecule has 1 saturated heterocycles. The number of benzene rings is 1. The molecule has 126 valence electrons. The summed E-state index contributed by atoms with van der Waals surface area (Å²) in [4.78, 5) is 26.5. The average molecular weight is 327 g/mol. The van der Waals surface area contributed by atoms with Crippen molar-refractivity contribution in [2.75, 3.05) is 6.54 Å². The number of hydrogen-bond donors (Lipinski definition) is 1. The number of carbonyl (C=O) groups is 2. The van der Waals surface area contributed by atoms with Crippen molar-refractivity contribution in [3.05, 3.63) is 53.4 Å². The quantitative estimate of drug-likeness (QED) is 0.909. The molecule has 6 nitrogen and oxygen atoms in total. The van der Waals surface area contributed by atoms with Crippen LogP contribution in [0.25, 0.3) is 0 Å². The molecule has 0 bridgehead atoms. The van der Waals surface area contributed by atoms with Gasteiger partial charge >= 0.3 is 0 Å². The van der Waals surface area contributed by atoms with E-state index in [0.29, 0.717) is 25.3 Å². The van der Waals surface area contributed by atoms with Gasteiger partial charge in [-0.2, -0.15) is 0 Å². The second-order valence-electron chi connectivity index (χ2n) is 6.10. The van der Waals surface area contributed by atoms with Gasteiger partial charge in [0, 0.05) is 19.2 Å². The van der Waals surface area contributed by atoms with Gasteiger partial charge in [-0.15, -0.1) is 0 Å². The molecule has 1 atom stereocenters. The Balaban J connectivity index is 1.56. The lowest BCUT2D eigenvalue weighted by molar-refractivity contribution is -0.138. The summed E-state index contributed by atoms with van der Waals surface area (Å²) in [6.45, 7) is 3.11. The number of nitrogens with zero attached hydrogens (tertiary/aromatic N) is 2. The minimum atomic E-state index is -0.397. The smallest absolute Gasteiger partial charge is 0.243 e. The molecule has 0 aliphatic carbocycles. The Labute approximate surface area is 140 Å². The van der Waals surface area contributed by atoms with Crippen LogP contribution in [0, 0.1) is 6.92 Å². The van der Waals surface area contributed by atoms with Crippen molar-refractivity contribution >= 4 is 11.8 Å². The van der Waals surface area contributed by atoms with Gasteiger partial charge in [-0.05, 0) is 25.3 Å². The highest BCUT2D eigenvalue weighted by Crippen LogP contribution is 2.19. The number of hydrogen-bond acceptors (Lipinski definition) is 4. The largest absolute Gasteiger partial charge is 0.361 e. The zero-order valence-corrected chi connectivity index (χ0v) is 13.7. The summed E-state index contributed by atoms with van der Waals surface area (Å²) in [6.07, 6.45) is 3.19. The summed E-state index contributed by atoms with van der Waals surface area (Å²) in [5, 5.41) is 6.54. The predicted molar refractivity (Wildman–Crippen MR) is 88.0 cm³/mol. The van der Waals surface area contributed by atoms with Crippen LogP contribution in [-0.2, 0) is 22.6 Å². The SMILES string of the molecule is Cc1ccc(CNC(=O)[C@@H]2CCCN2C(=O)Cc2ccno2)cc1. The molecule has 3 rings (SSSR count). The van der Waals surface area contributed by atoms with Crippen molar-refractivity contribution < 1.29 is 14.1 Å². The molecule has 0 spiro atoms. The fraction of sp³-hybridized carbons (Fsp3) is 0.389. The van der Waals surface area contributed by atoms with Crippen molar-refractivity contribution in [2.24, 2.45) is 0 Å². The van der Waals surface area contributed by atoms with E-state index in [1.165, 1.54) is 11.8 Å². The molecular weight excluding hydrogens is 306 g/mol. The van der Waals surface area contributed by atoms with Crippen molar-refractivity contribution in [3.63, 3.8) is 0 Å². The van der Waals surface area contributed by atoms with Crippen LogP contribution in [0.5, 0.6) is 0 Å². The summed E-state index contributed by atoms with van der Waals surface area (Å²) in [6, 6.07) is 9.30. The first kappa shape index (κ1) is 16.2. The molecule has 0 saturated carbocycles. The van der Waals surface area contributed by atoms with E-state index in [9.17, 15) is 9.59 Å². The third-order valence-electron chi connectivity index (χ3n) is 4.28. The van der Waals surface area contributed by atoms with E-state index in [1.54, 1.807) is 11.0 Å². The lowest BCUT2D eigenvalue weighted by Crippen LogP contribution is -2.46. The highest BCUT2D eigenvalue weighted by molar-refractivity contribution is 5.88. The molecule has 2 amide bonds. The number of aryl methyl sites for hydroxylation is 1. The van der Waals surface area contributed by atoms with Crippen molar-refractivity contribution in [1.29, 1.82) is 0 Å². The third-order valence-corrected chi connectivity index (χ3v) is 4.28. The predicted octanol–water partition coefficient (Wildman–Crippen LogP) is 1.83. The first-order chi connectivity index (χ1) is 11.6. The van der Waals surface area contributed by atoms with Gasteiger partial charge in [0.2, 0.25) is 11.8 Å². The lowest BCUT2D eigenvalue weighted by atomic mass is 10.1. The molecule has 0 radical (unpaired) electrons. The van der Waals surface area contributed by atoms with E-state index in [0.717, 1.165) is 12.0 Å². The number of rotatable bonds is 5. The molecule has 1 aromatic heterocycles. The second kappa shape index (κ2) is 7.29. The molecule has 2 aromatic rings. The van der Waals surface area contributed by atoms with Gasteiger partial charge in [-0.25, -0.2) is 0 Å². The molecule has 2 heterocycles. The van der Waals surface area contributed by atoms with Gasteiger partial charge < -0.3 is 14.7 Å². The number of aromatic nitrogens is 1. The van der Waals surface area contributed by atoms with E-state index in [1.807, 2.05) is 31.2 Å². The summed E-state index contributed by atoms with van der Waals surface area (Å²) < 4.78 is 4.98. The molecule has 0 unspecified atom stereocenters. The van der Waals surface area contributed by atoms with E-state index in [2.05, 4.69) is 10.5 Å². The first-order valence-corrected chi connectivity index (χ1v) is 8.16. The molecule has 24 heavy (non-hydrogen) atoms. The third kappa shape index (κ3) is 3.82. The second-order valence-corrected chi connectivity index (χ2v) is 6.10. The molecule has 1 N–H and O–H groups in total. The van der Waals surface area contributed by atoms with Crippen LogP contribution in [0.15, 0.2) is 41.1 Å². The van der Waals surface area contributed by atoms with Crippen LogP contribution in [0.1, 0.15) is 29.7 Å². The van der Waals surface area contributed by atoms with Crippen LogP contribution < -0.4 is 5.32 Å². The Morgan fingerprint density at radius 3 is 2.79 bits per heavy atom. The van der Waals surface area contributed by atoms with Crippen molar-refractivity contribution in [2.45, 2.75) is 38.8 Å². The van der Waals surface area contributed by atoms with Gasteiger partial charge in [-0.3, -0.25) is 9.59 Å². The molecule has 1 aliphatic heterocycles. The monoisotopic (exact) mass is 327 g/mol. The normalized spacial score (nSPS) is 17.0. The molecule has 1 aromatic carbocycles. The molecule has 1 fully saturated rings. The van der Waals surface area contributed by atoms with Crippen molar-refractivity contribution in [1.82, 2.24) is 15.4 Å². The Hall–Kier alpha value is -2.63. The van der Waals surface area contributed by atoms with Gasteiger partial charge in [-0.1, -0.05) is 35.0 Å². The van der Waals surface area contributed by atoms with Crippen LogP contribution in [0.3, 0.4) is 0 Å². The highest BCUT2D eigenvalue weighted by atomic mass is 16.5. The summed E-state index contributed by atoms with van der Waals surface area (Å²) in [7, 11) is 0. The number of amides is 2. The van der Waals surface area contributed by atoms with E-state index in [4.69, 9.17) is 4.52 Å². The highest BCUT2D eigenvalue weighted by Gasteiger charge is 2.34.